The third-order valence-electron chi connectivity index (χ3n) is 6.72. The fourth-order valence-electron chi connectivity index (χ4n) is 4.71. The zero-order valence-electron chi connectivity index (χ0n) is 20.3. The lowest BCUT2D eigenvalue weighted by Gasteiger charge is -2.19. The number of rotatable bonds is 4. The highest BCUT2D eigenvalue weighted by atomic mass is 16.5. The van der Waals surface area contributed by atoms with E-state index in [2.05, 4.69) is 42.2 Å². The summed E-state index contributed by atoms with van der Waals surface area (Å²) < 4.78 is 5.60. The maximum atomic E-state index is 12.8. The van der Waals surface area contributed by atoms with Crippen molar-refractivity contribution >= 4 is 28.4 Å². The molecular weight excluding hydrogens is 458 g/mol. The fraction of sp³-hybridized carbons (Fsp3) is 0.0938. The molecule has 2 heterocycles. The normalized spacial score (nSPS) is 12.3. The third kappa shape index (κ3) is 4.41. The molecule has 0 amide bonds. The maximum absolute atomic E-state index is 12.8. The second-order valence-electron chi connectivity index (χ2n) is 9.22. The molecule has 0 atom stereocenters. The van der Waals surface area contributed by atoms with Gasteiger partial charge in [0, 0.05) is 17.6 Å². The fourth-order valence-corrected chi connectivity index (χ4v) is 4.71. The molecule has 0 saturated carbocycles. The number of nitriles is 1. The lowest BCUT2D eigenvalue weighted by Crippen LogP contribution is -2.15. The summed E-state index contributed by atoms with van der Waals surface area (Å²) in [5.74, 6) is 1.06. The second-order valence-corrected chi connectivity index (χ2v) is 9.22. The highest BCUT2D eigenvalue weighted by Gasteiger charge is 2.23. The molecule has 0 aliphatic carbocycles. The van der Waals surface area contributed by atoms with Crippen molar-refractivity contribution in [3.63, 3.8) is 0 Å². The van der Waals surface area contributed by atoms with E-state index in [9.17, 15) is 4.79 Å². The first-order chi connectivity index (χ1) is 18.1. The predicted molar refractivity (Wildman–Crippen MR) is 145 cm³/mol. The molecule has 37 heavy (non-hydrogen) atoms. The molecular formula is C32H23N3O2. The van der Waals surface area contributed by atoms with E-state index >= 15 is 0 Å². The minimum absolute atomic E-state index is 0.404. The van der Waals surface area contributed by atoms with Gasteiger partial charge in [0.1, 0.15) is 11.6 Å². The van der Waals surface area contributed by atoms with Crippen molar-refractivity contribution < 1.29 is 9.53 Å². The van der Waals surface area contributed by atoms with Gasteiger partial charge in [-0.25, -0.2) is 9.78 Å². The van der Waals surface area contributed by atoms with Gasteiger partial charge in [-0.15, -0.1) is 0 Å². The predicted octanol–water partition coefficient (Wildman–Crippen LogP) is 7.00. The van der Waals surface area contributed by atoms with Gasteiger partial charge in [0.2, 0.25) is 0 Å². The van der Waals surface area contributed by atoms with Crippen LogP contribution in [0.3, 0.4) is 0 Å². The number of hydrogen-bond acceptors (Lipinski definition) is 5. The summed E-state index contributed by atoms with van der Waals surface area (Å²) in [6, 6.07) is 32.9. The number of aromatic nitrogens is 1. The first-order valence-electron chi connectivity index (χ1n) is 12.2. The third-order valence-corrected chi connectivity index (χ3v) is 6.72. The number of carbonyl (C=O) groups is 1. The molecule has 0 bridgehead atoms. The molecule has 0 spiro atoms. The average Bonchev–Trinajstić information content (AvgIpc) is 3.35. The Hall–Kier alpha value is -4.95. The molecule has 1 aromatic heterocycles. The van der Waals surface area contributed by atoms with E-state index < -0.39 is 5.97 Å². The van der Waals surface area contributed by atoms with Crippen LogP contribution in [0.15, 0.2) is 97.1 Å². The van der Waals surface area contributed by atoms with Crippen LogP contribution in [-0.4, -0.2) is 17.5 Å². The van der Waals surface area contributed by atoms with Crippen molar-refractivity contribution in [3.05, 3.63) is 119 Å². The zero-order valence-corrected chi connectivity index (χ0v) is 20.3. The number of anilines is 2. The summed E-state index contributed by atoms with van der Waals surface area (Å²) in [5, 5.41) is 10.1. The zero-order chi connectivity index (χ0) is 25.4. The van der Waals surface area contributed by atoms with Crippen molar-refractivity contribution in [2.24, 2.45) is 0 Å². The van der Waals surface area contributed by atoms with Crippen LogP contribution in [0, 0.1) is 18.3 Å². The number of carbonyl (C=O) groups excluding carboxylic acids is 1. The topological polar surface area (TPSA) is 66.2 Å². The second kappa shape index (κ2) is 9.25. The van der Waals surface area contributed by atoms with E-state index in [-0.39, 0.29) is 0 Å². The lowest BCUT2D eigenvalue weighted by molar-refractivity contribution is 0.0735. The van der Waals surface area contributed by atoms with Crippen LogP contribution in [0.4, 0.5) is 11.5 Å². The van der Waals surface area contributed by atoms with Gasteiger partial charge in [-0.1, -0.05) is 36.4 Å². The van der Waals surface area contributed by atoms with Crippen LogP contribution in [0.1, 0.15) is 27.0 Å². The summed E-state index contributed by atoms with van der Waals surface area (Å²) in [5.41, 5.74) is 7.51. The van der Waals surface area contributed by atoms with Crippen molar-refractivity contribution in [2.75, 3.05) is 11.4 Å². The summed E-state index contributed by atoms with van der Waals surface area (Å²) in [4.78, 5) is 19.9. The quantitative estimate of drug-likeness (QED) is 0.204. The van der Waals surface area contributed by atoms with Crippen LogP contribution in [-0.2, 0) is 6.42 Å². The van der Waals surface area contributed by atoms with E-state index in [0.717, 1.165) is 46.5 Å². The Labute approximate surface area is 215 Å². The summed E-state index contributed by atoms with van der Waals surface area (Å²) in [6.07, 6.45) is 0.939. The number of esters is 1. The number of ether oxygens (including phenoxy) is 1. The molecule has 1 aliphatic rings. The minimum atomic E-state index is -0.404. The van der Waals surface area contributed by atoms with Gasteiger partial charge >= 0.3 is 5.97 Å². The Bertz CT molecular complexity index is 1670. The van der Waals surface area contributed by atoms with Crippen molar-refractivity contribution in [1.82, 2.24) is 4.98 Å². The molecule has 5 heteroatoms. The Morgan fingerprint density at radius 2 is 1.59 bits per heavy atom. The molecule has 5 aromatic rings. The molecule has 0 fully saturated rings. The van der Waals surface area contributed by atoms with Gasteiger partial charge in [-0.3, -0.25) is 0 Å². The molecule has 1 aliphatic heterocycles. The summed E-state index contributed by atoms with van der Waals surface area (Å²) in [7, 11) is 0. The SMILES string of the molecule is Cc1ccc2cc3c(nc2c1)N(c1ccc(C(=O)Oc2ccc(-c4ccc(C#N)cc4)cc2)cc1)CC3. The van der Waals surface area contributed by atoms with E-state index in [4.69, 9.17) is 15.0 Å². The highest BCUT2D eigenvalue weighted by molar-refractivity contribution is 5.92. The van der Waals surface area contributed by atoms with Gasteiger partial charge in [0.05, 0.1) is 22.7 Å². The van der Waals surface area contributed by atoms with Crippen LogP contribution < -0.4 is 9.64 Å². The standard InChI is InChI=1S/C32H23N3O2/c1-21-2-5-26-19-27-16-17-35(31(27)34-30(26)18-21)28-12-8-25(9-13-28)32(36)37-29-14-10-24(11-15-29)23-6-3-22(20-33)4-7-23/h2-15,18-19H,16-17H2,1H3. The van der Waals surface area contributed by atoms with Crippen LogP contribution in [0.25, 0.3) is 22.0 Å². The van der Waals surface area contributed by atoms with Crippen LogP contribution >= 0.6 is 0 Å². The summed E-state index contributed by atoms with van der Waals surface area (Å²) >= 11 is 0. The molecule has 0 radical (unpaired) electrons. The molecule has 178 valence electrons. The molecule has 0 saturated heterocycles. The van der Waals surface area contributed by atoms with Gasteiger partial charge < -0.3 is 9.64 Å². The Morgan fingerprint density at radius 3 is 2.30 bits per heavy atom. The van der Waals surface area contributed by atoms with E-state index in [1.54, 1.807) is 36.4 Å². The van der Waals surface area contributed by atoms with Gasteiger partial charge in [0.15, 0.2) is 0 Å². The number of benzene rings is 4. The Balaban J connectivity index is 1.16. The summed E-state index contributed by atoms with van der Waals surface area (Å²) in [6.45, 7) is 2.93. The van der Waals surface area contributed by atoms with Crippen LogP contribution in [0.2, 0.25) is 0 Å². The van der Waals surface area contributed by atoms with Gasteiger partial charge in [-0.05, 0) is 96.3 Å². The number of pyridine rings is 1. The first kappa shape index (κ1) is 22.5. The smallest absolute Gasteiger partial charge is 0.343 e. The highest BCUT2D eigenvalue weighted by Crippen LogP contribution is 2.35. The Kier molecular flexibility index (Phi) is 5.63. The van der Waals surface area contributed by atoms with Crippen LogP contribution in [0.5, 0.6) is 5.75 Å². The number of hydrogen-bond donors (Lipinski definition) is 0. The van der Waals surface area contributed by atoms with Crippen molar-refractivity contribution in [1.29, 1.82) is 5.26 Å². The number of nitrogens with zero attached hydrogens (tertiary/aromatic N) is 3. The molecule has 0 unspecified atom stereocenters. The molecule has 5 nitrogen and oxygen atoms in total. The lowest BCUT2D eigenvalue weighted by atomic mass is 10.0. The minimum Gasteiger partial charge on any atom is -0.423 e. The molecule has 6 rings (SSSR count). The molecule has 0 N–H and O–H groups in total. The maximum Gasteiger partial charge on any atom is 0.343 e. The first-order valence-corrected chi connectivity index (χ1v) is 12.2. The number of aryl methyl sites for hydroxylation is 1. The van der Waals surface area contributed by atoms with E-state index in [1.165, 1.54) is 11.1 Å². The molecule has 4 aromatic carbocycles. The average molecular weight is 482 g/mol. The Morgan fingerprint density at radius 1 is 0.892 bits per heavy atom. The van der Waals surface area contributed by atoms with Crippen molar-refractivity contribution in [2.45, 2.75) is 13.3 Å². The largest absolute Gasteiger partial charge is 0.423 e. The van der Waals surface area contributed by atoms with E-state index in [0.29, 0.717) is 16.9 Å². The monoisotopic (exact) mass is 481 g/mol. The van der Waals surface area contributed by atoms with Gasteiger partial charge in [-0.2, -0.15) is 5.26 Å². The van der Waals surface area contributed by atoms with Gasteiger partial charge in [0.25, 0.3) is 0 Å². The van der Waals surface area contributed by atoms with Crippen molar-refractivity contribution in [3.8, 4) is 22.9 Å². The van der Waals surface area contributed by atoms with E-state index in [1.807, 2.05) is 36.4 Å². The number of fused-ring (bicyclic) bond motifs is 2.